The fourth-order valence-electron chi connectivity index (χ4n) is 3.21. The molecule has 0 amide bonds. The van der Waals surface area contributed by atoms with E-state index in [4.69, 9.17) is 11.6 Å². The van der Waals surface area contributed by atoms with Gasteiger partial charge in [0.2, 0.25) is 0 Å². The Morgan fingerprint density at radius 2 is 1.47 bits per heavy atom. The standard InChI is InChI=1S/C25H25ClFN.C4H10/c1-5-25(23-11-10-22(26)14-24(23)27)28-15-21-13-20(9-7-17(21)3)19-8-6-16(2)18(4)12-19;1-3-4-2/h5-14,28H,15H2,1-4H3;3-4H2,1-2H3/b25-5+;. The van der Waals surface area contributed by atoms with Crippen LogP contribution in [0.4, 0.5) is 4.39 Å². The molecule has 0 bridgehead atoms. The summed E-state index contributed by atoms with van der Waals surface area (Å²) in [5.41, 5.74) is 8.63. The van der Waals surface area contributed by atoms with E-state index in [1.54, 1.807) is 12.1 Å². The summed E-state index contributed by atoms with van der Waals surface area (Å²) in [4.78, 5) is 0. The minimum atomic E-state index is -0.325. The molecule has 0 fully saturated rings. The highest BCUT2D eigenvalue weighted by Crippen LogP contribution is 2.26. The van der Waals surface area contributed by atoms with Crippen molar-refractivity contribution >= 4 is 17.3 Å². The SMILES string of the molecule is C/C=C(/NCc1cc(-c2ccc(C)c(C)c2)ccc1C)c1ccc(Cl)cc1F.CCCC. The number of allylic oxidation sites excluding steroid dienone is 1. The average molecular weight is 452 g/mol. The zero-order valence-electron chi connectivity index (χ0n) is 20.2. The monoisotopic (exact) mass is 451 g/mol. The lowest BCUT2D eigenvalue weighted by molar-refractivity contribution is 0.621. The Morgan fingerprint density at radius 3 is 2.03 bits per heavy atom. The largest absolute Gasteiger partial charge is 0.381 e. The molecule has 0 aliphatic rings. The average Bonchev–Trinajstić information content (AvgIpc) is 2.78. The number of nitrogens with one attached hydrogen (secondary N) is 1. The van der Waals surface area contributed by atoms with Crippen molar-refractivity contribution in [3.8, 4) is 11.1 Å². The van der Waals surface area contributed by atoms with Crippen LogP contribution in [0, 0.1) is 26.6 Å². The molecule has 0 aliphatic carbocycles. The molecule has 0 radical (unpaired) electrons. The number of unbranched alkanes of at least 4 members (excludes halogenated alkanes) is 1. The normalized spacial score (nSPS) is 11.1. The molecule has 0 saturated heterocycles. The van der Waals surface area contributed by atoms with Gasteiger partial charge in [-0.15, -0.1) is 0 Å². The lowest BCUT2D eigenvalue weighted by Crippen LogP contribution is -2.13. The summed E-state index contributed by atoms with van der Waals surface area (Å²) >= 11 is 5.88. The Balaban J connectivity index is 0.000000837. The van der Waals surface area contributed by atoms with Gasteiger partial charge in [0.25, 0.3) is 0 Å². The fourth-order valence-corrected chi connectivity index (χ4v) is 3.37. The first-order valence-electron chi connectivity index (χ1n) is 11.3. The van der Waals surface area contributed by atoms with Crippen molar-refractivity contribution in [2.75, 3.05) is 0 Å². The van der Waals surface area contributed by atoms with Gasteiger partial charge in [-0.25, -0.2) is 4.39 Å². The lowest BCUT2D eigenvalue weighted by atomic mass is 9.97. The van der Waals surface area contributed by atoms with Gasteiger partial charge in [-0.05, 0) is 85.3 Å². The Bertz CT molecular complexity index is 1070. The molecule has 32 heavy (non-hydrogen) atoms. The van der Waals surface area contributed by atoms with Gasteiger partial charge in [0.1, 0.15) is 5.82 Å². The molecule has 0 unspecified atom stereocenters. The van der Waals surface area contributed by atoms with Crippen LogP contribution < -0.4 is 5.32 Å². The van der Waals surface area contributed by atoms with Gasteiger partial charge in [0.05, 0.1) is 0 Å². The van der Waals surface area contributed by atoms with Crippen LogP contribution in [0.25, 0.3) is 16.8 Å². The van der Waals surface area contributed by atoms with Crippen LogP contribution in [0.5, 0.6) is 0 Å². The van der Waals surface area contributed by atoms with E-state index in [2.05, 4.69) is 76.3 Å². The van der Waals surface area contributed by atoms with Gasteiger partial charge in [0.15, 0.2) is 0 Å². The molecular weight excluding hydrogens is 417 g/mol. The van der Waals surface area contributed by atoms with Gasteiger partial charge >= 0.3 is 0 Å². The van der Waals surface area contributed by atoms with E-state index in [9.17, 15) is 4.39 Å². The van der Waals surface area contributed by atoms with Gasteiger partial charge in [-0.1, -0.05) is 74.7 Å². The third-order valence-corrected chi connectivity index (χ3v) is 5.90. The van der Waals surface area contributed by atoms with Crippen LogP contribution in [0.15, 0.2) is 60.7 Å². The zero-order valence-corrected chi connectivity index (χ0v) is 20.9. The van der Waals surface area contributed by atoms with E-state index in [0.717, 1.165) is 5.70 Å². The maximum absolute atomic E-state index is 14.3. The second kappa shape index (κ2) is 12.5. The van der Waals surface area contributed by atoms with Gasteiger partial charge in [0, 0.05) is 22.8 Å². The molecule has 0 spiro atoms. The first kappa shape index (κ1) is 25.7. The Morgan fingerprint density at radius 1 is 0.844 bits per heavy atom. The van der Waals surface area contributed by atoms with E-state index in [1.807, 2.05) is 13.0 Å². The minimum absolute atomic E-state index is 0.325. The molecule has 0 atom stereocenters. The smallest absolute Gasteiger partial charge is 0.133 e. The molecule has 0 heterocycles. The molecule has 3 aromatic rings. The Kier molecular flexibility index (Phi) is 9.99. The van der Waals surface area contributed by atoms with Crippen LogP contribution in [-0.2, 0) is 6.54 Å². The molecule has 3 aromatic carbocycles. The van der Waals surface area contributed by atoms with Crippen LogP contribution in [0.3, 0.4) is 0 Å². The summed E-state index contributed by atoms with van der Waals surface area (Å²) in [7, 11) is 0. The summed E-state index contributed by atoms with van der Waals surface area (Å²) in [5.74, 6) is -0.325. The number of benzene rings is 3. The second-order valence-electron chi connectivity index (χ2n) is 8.12. The number of hydrogen-bond donors (Lipinski definition) is 1. The number of halogens is 2. The van der Waals surface area contributed by atoms with Crippen LogP contribution in [-0.4, -0.2) is 0 Å². The quantitative estimate of drug-likeness (QED) is 0.394. The van der Waals surface area contributed by atoms with Crippen molar-refractivity contribution in [1.82, 2.24) is 5.32 Å². The highest BCUT2D eigenvalue weighted by molar-refractivity contribution is 6.30. The molecule has 0 saturated carbocycles. The summed E-state index contributed by atoms with van der Waals surface area (Å²) in [6.45, 7) is 13.2. The van der Waals surface area contributed by atoms with E-state index < -0.39 is 0 Å². The highest BCUT2D eigenvalue weighted by atomic mass is 35.5. The maximum atomic E-state index is 14.3. The van der Waals surface area contributed by atoms with E-state index in [-0.39, 0.29) is 5.82 Å². The topological polar surface area (TPSA) is 12.0 Å². The molecule has 0 aliphatic heterocycles. The fraction of sp³-hybridized carbons (Fsp3) is 0.310. The molecule has 3 heteroatoms. The summed E-state index contributed by atoms with van der Waals surface area (Å²) in [6, 6.07) is 17.8. The summed E-state index contributed by atoms with van der Waals surface area (Å²) in [6.07, 6.45) is 4.52. The lowest BCUT2D eigenvalue weighted by Gasteiger charge is -2.15. The molecular formula is C29H35ClFN. The van der Waals surface area contributed by atoms with Crippen LogP contribution in [0.2, 0.25) is 5.02 Å². The zero-order chi connectivity index (χ0) is 23.7. The van der Waals surface area contributed by atoms with Crippen molar-refractivity contribution in [3.05, 3.63) is 99.3 Å². The van der Waals surface area contributed by atoms with E-state index in [1.165, 1.54) is 52.3 Å². The van der Waals surface area contributed by atoms with Crippen molar-refractivity contribution in [2.45, 2.75) is 60.9 Å². The van der Waals surface area contributed by atoms with E-state index in [0.29, 0.717) is 17.1 Å². The van der Waals surface area contributed by atoms with Crippen molar-refractivity contribution in [3.63, 3.8) is 0 Å². The Labute approximate surface area is 198 Å². The van der Waals surface area contributed by atoms with Crippen LogP contribution in [0.1, 0.15) is 61.4 Å². The molecule has 3 rings (SSSR count). The summed E-state index contributed by atoms with van der Waals surface area (Å²) in [5, 5.41) is 3.78. The van der Waals surface area contributed by atoms with Gasteiger partial charge < -0.3 is 5.32 Å². The minimum Gasteiger partial charge on any atom is -0.381 e. The molecule has 170 valence electrons. The first-order valence-corrected chi connectivity index (χ1v) is 11.7. The number of rotatable bonds is 6. The van der Waals surface area contributed by atoms with Gasteiger partial charge in [-0.3, -0.25) is 0 Å². The third-order valence-electron chi connectivity index (χ3n) is 5.67. The maximum Gasteiger partial charge on any atom is 0.133 e. The number of hydrogen-bond acceptors (Lipinski definition) is 1. The van der Waals surface area contributed by atoms with Crippen molar-refractivity contribution in [2.24, 2.45) is 0 Å². The van der Waals surface area contributed by atoms with E-state index >= 15 is 0 Å². The van der Waals surface area contributed by atoms with Gasteiger partial charge in [-0.2, -0.15) is 0 Å². The summed E-state index contributed by atoms with van der Waals surface area (Å²) < 4.78 is 14.3. The predicted octanol–water partition coefficient (Wildman–Crippen LogP) is 9.03. The molecule has 1 nitrogen and oxygen atoms in total. The van der Waals surface area contributed by atoms with Crippen LogP contribution >= 0.6 is 11.6 Å². The van der Waals surface area contributed by atoms with Crippen molar-refractivity contribution < 1.29 is 4.39 Å². The van der Waals surface area contributed by atoms with Crippen molar-refractivity contribution in [1.29, 1.82) is 0 Å². The molecule has 0 aromatic heterocycles. The molecule has 1 N–H and O–H groups in total. The second-order valence-corrected chi connectivity index (χ2v) is 8.56. The highest BCUT2D eigenvalue weighted by Gasteiger charge is 2.09. The number of aryl methyl sites for hydroxylation is 3. The first-order chi connectivity index (χ1) is 15.3. The predicted molar refractivity (Wildman–Crippen MR) is 139 cm³/mol. The third kappa shape index (κ3) is 6.97. The Hall–Kier alpha value is -2.58.